The molecule has 2 aliphatic heterocycles. The van der Waals surface area contributed by atoms with Crippen molar-refractivity contribution in [1.29, 1.82) is 0 Å². The number of benzene rings is 2. The minimum atomic E-state index is -0.734. The molecule has 1 unspecified atom stereocenters. The van der Waals surface area contributed by atoms with Gasteiger partial charge in [0.1, 0.15) is 11.2 Å². The number of ether oxygens (including phenoxy) is 1. The monoisotopic (exact) mass is 635 g/mol. The van der Waals surface area contributed by atoms with Crippen molar-refractivity contribution in [2.24, 2.45) is 11.8 Å². The lowest BCUT2D eigenvalue weighted by atomic mass is 9.83. The lowest BCUT2D eigenvalue weighted by molar-refractivity contribution is 0.0927. The van der Waals surface area contributed by atoms with E-state index in [2.05, 4.69) is 61.6 Å². The number of aromatic nitrogens is 6. The molecule has 3 fully saturated rings. The summed E-state index contributed by atoms with van der Waals surface area (Å²) in [4.78, 5) is 39.1. The summed E-state index contributed by atoms with van der Waals surface area (Å²) in [5.41, 5.74) is 7.61. The van der Waals surface area contributed by atoms with Gasteiger partial charge in [0.25, 0.3) is 0 Å². The largest absolute Gasteiger partial charge is 0.427 e. The van der Waals surface area contributed by atoms with Crippen LogP contribution in [0.2, 0.25) is 0 Å². The number of morpholine rings is 1. The number of amides is 1. The highest BCUT2D eigenvalue weighted by molar-refractivity contribution is 5.90. The van der Waals surface area contributed by atoms with Crippen molar-refractivity contribution >= 4 is 23.2 Å². The van der Waals surface area contributed by atoms with E-state index in [1.807, 2.05) is 30.3 Å². The van der Waals surface area contributed by atoms with E-state index in [0.29, 0.717) is 54.6 Å². The summed E-state index contributed by atoms with van der Waals surface area (Å²) in [6.07, 6.45) is 3.41. The number of anilines is 1. The third-order valence-electron chi connectivity index (χ3n) is 9.46. The van der Waals surface area contributed by atoms with Gasteiger partial charge in [0.2, 0.25) is 17.7 Å². The Hall–Kier alpha value is -4.88. The number of carbonyl (C=O) groups excluding carboxylic acids is 1. The van der Waals surface area contributed by atoms with Crippen molar-refractivity contribution in [1.82, 2.24) is 40.5 Å². The van der Waals surface area contributed by atoms with Crippen molar-refractivity contribution in [3.63, 3.8) is 0 Å². The summed E-state index contributed by atoms with van der Waals surface area (Å²) in [7, 11) is 0. The van der Waals surface area contributed by atoms with Gasteiger partial charge in [-0.15, -0.1) is 5.48 Å². The summed E-state index contributed by atoms with van der Waals surface area (Å²) in [6, 6.07) is 18.4. The van der Waals surface area contributed by atoms with Crippen LogP contribution in [0, 0.1) is 18.8 Å². The van der Waals surface area contributed by atoms with Gasteiger partial charge < -0.3 is 23.6 Å². The molecule has 2 N–H and O–H groups in total. The smallest absolute Gasteiger partial charge is 0.377 e. The van der Waals surface area contributed by atoms with Crippen LogP contribution in [0.4, 0.5) is 10.7 Å². The van der Waals surface area contributed by atoms with Crippen LogP contribution in [0.1, 0.15) is 62.1 Å². The molecule has 1 saturated carbocycles. The number of hydrogen-bond acceptors (Lipinski definition) is 11. The second-order valence-corrected chi connectivity index (χ2v) is 12.7. The fraction of sp³-hybridized carbons (Fsp3) is 0.412. The molecule has 5 heterocycles. The summed E-state index contributed by atoms with van der Waals surface area (Å²) in [5.74, 6) is 3.41. The maximum atomic E-state index is 12.0. The molecular formula is C34H37N9O4. The number of nitrogens with zero attached hydrogens (tertiary/aromatic N) is 7. The van der Waals surface area contributed by atoms with Crippen molar-refractivity contribution < 1.29 is 18.9 Å². The molecule has 2 saturated heterocycles. The maximum Gasteiger partial charge on any atom is 0.427 e. The third kappa shape index (κ3) is 5.80. The summed E-state index contributed by atoms with van der Waals surface area (Å²) in [6.45, 7) is 6.74. The number of carbonyl (C=O) groups is 1. The van der Waals surface area contributed by atoms with E-state index in [0.717, 1.165) is 47.9 Å². The zero-order valence-electron chi connectivity index (χ0n) is 26.4. The first-order valence-corrected chi connectivity index (χ1v) is 16.3. The topological polar surface area (TPSA) is 145 Å². The Morgan fingerprint density at radius 1 is 0.957 bits per heavy atom. The molecule has 5 aromatic rings. The molecule has 2 atom stereocenters. The number of hydrogen-bond donors (Lipinski definition) is 2. The Balaban J connectivity index is 1.33. The normalized spacial score (nSPS) is 23.2. The Morgan fingerprint density at radius 3 is 2.55 bits per heavy atom. The van der Waals surface area contributed by atoms with E-state index < -0.39 is 12.3 Å². The first-order valence-electron chi connectivity index (χ1n) is 16.3. The molecule has 3 aromatic heterocycles. The van der Waals surface area contributed by atoms with Gasteiger partial charge in [0.05, 0.1) is 19.3 Å². The lowest BCUT2D eigenvalue weighted by Crippen LogP contribution is -2.41. The maximum absolute atomic E-state index is 12.0. The standard InChI is InChI=1S/C34H37N9O4/c1-20-11-13-22(14-12-20)18-43-28-27(24-9-6-10-25(17-24)29-35-21(2)46-40-29)36-31(32-39-34(44)47-41-32)37-30(28)38-33(43)42-15-16-45-19-26(42)23-7-4-3-5-8-23/h3-10,17,20,22,26,32,41H,11-16,18-19H2,1-2H3,(H,39,44)/t20?,22?,26-,32?/m0/s1. The average molecular weight is 636 g/mol. The van der Waals surface area contributed by atoms with E-state index in [-0.39, 0.29) is 6.04 Å². The molecule has 0 bridgehead atoms. The lowest BCUT2D eigenvalue weighted by Gasteiger charge is -2.37. The minimum absolute atomic E-state index is 0.0169. The van der Waals surface area contributed by atoms with Crippen molar-refractivity contribution in [3.05, 3.63) is 71.9 Å². The second kappa shape index (κ2) is 12.4. The predicted octanol–water partition coefficient (Wildman–Crippen LogP) is 5.50. The number of nitrogens with one attached hydrogen (secondary N) is 2. The van der Waals surface area contributed by atoms with Gasteiger partial charge in [0, 0.05) is 31.1 Å². The minimum Gasteiger partial charge on any atom is -0.377 e. The zero-order chi connectivity index (χ0) is 31.9. The third-order valence-corrected chi connectivity index (χ3v) is 9.46. The van der Waals surface area contributed by atoms with Crippen molar-refractivity contribution in [2.75, 3.05) is 24.7 Å². The quantitative estimate of drug-likeness (QED) is 0.234. The van der Waals surface area contributed by atoms with Crippen LogP contribution in [0.5, 0.6) is 0 Å². The number of fused-ring (bicyclic) bond motifs is 1. The summed E-state index contributed by atoms with van der Waals surface area (Å²) >= 11 is 0. The second-order valence-electron chi connectivity index (χ2n) is 12.7. The first-order chi connectivity index (χ1) is 23.0. The Labute approximate surface area is 271 Å². The Morgan fingerprint density at radius 2 is 1.79 bits per heavy atom. The van der Waals surface area contributed by atoms with Crippen LogP contribution in [0.3, 0.4) is 0 Å². The van der Waals surface area contributed by atoms with Gasteiger partial charge >= 0.3 is 6.09 Å². The SMILES string of the molecule is Cc1nc(-c2cccc(-c3nc(C4NOC(=O)N4)nc4nc(N5CCOC[C@H]5c5ccccc5)n(CC5CCC(C)CC5)c34)c2)no1. The van der Waals surface area contributed by atoms with E-state index >= 15 is 0 Å². The van der Waals surface area contributed by atoms with Crippen LogP contribution in [0.25, 0.3) is 33.8 Å². The summed E-state index contributed by atoms with van der Waals surface area (Å²) < 4.78 is 13.6. The Bertz CT molecular complexity index is 1900. The van der Waals surface area contributed by atoms with E-state index in [9.17, 15) is 4.79 Å². The fourth-order valence-electron chi connectivity index (χ4n) is 6.96. The first kappa shape index (κ1) is 29.5. The Kier molecular flexibility index (Phi) is 7.77. The van der Waals surface area contributed by atoms with Crippen LogP contribution >= 0.6 is 0 Å². The molecule has 13 nitrogen and oxygen atoms in total. The van der Waals surface area contributed by atoms with E-state index in [1.54, 1.807) is 6.92 Å². The molecule has 242 valence electrons. The van der Waals surface area contributed by atoms with Gasteiger partial charge in [0.15, 0.2) is 17.6 Å². The molecule has 1 aliphatic carbocycles. The molecule has 47 heavy (non-hydrogen) atoms. The molecule has 1 amide bonds. The highest BCUT2D eigenvalue weighted by Gasteiger charge is 2.34. The van der Waals surface area contributed by atoms with Crippen LogP contribution in [0.15, 0.2) is 59.1 Å². The zero-order valence-corrected chi connectivity index (χ0v) is 26.4. The average Bonchev–Trinajstić information content (AvgIpc) is 3.84. The number of imidazole rings is 1. The van der Waals surface area contributed by atoms with Gasteiger partial charge in [-0.2, -0.15) is 9.97 Å². The molecule has 0 radical (unpaired) electrons. The van der Waals surface area contributed by atoms with E-state index in [4.69, 9.17) is 29.0 Å². The molecule has 8 rings (SSSR count). The van der Waals surface area contributed by atoms with Crippen molar-refractivity contribution in [2.45, 2.75) is 58.3 Å². The van der Waals surface area contributed by atoms with Crippen LogP contribution in [-0.4, -0.2) is 55.5 Å². The highest BCUT2D eigenvalue weighted by Crippen LogP contribution is 2.38. The molecule has 3 aliphatic rings. The predicted molar refractivity (Wildman–Crippen MR) is 173 cm³/mol. The molecule has 13 heteroatoms. The summed E-state index contributed by atoms with van der Waals surface area (Å²) in [5, 5.41) is 6.89. The fourth-order valence-corrected chi connectivity index (χ4v) is 6.96. The van der Waals surface area contributed by atoms with Gasteiger partial charge in [-0.3, -0.25) is 5.32 Å². The van der Waals surface area contributed by atoms with Gasteiger partial charge in [-0.05, 0) is 36.3 Å². The van der Waals surface area contributed by atoms with Crippen molar-refractivity contribution in [3.8, 4) is 22.6 Å². The van der Waals surface area contributed by atoms with Gasteiger partial charge in [-0.25, -0.2) is 14.8 Å². The van der Waals surface area contributed by atoms with Gasteiger partial charge in [-0.1, -0.05) is 73.5 Å². The number of aryl methyl sites for hydroxylation is 1. The molecule has 2 aromatic carbocycles. The van der Waals surface area contributed by atoms with Crippen LogP contribution in [-0.2, 0) is 16.1 Å². The molecule has 0 spiro atoms. The molecular weight excluding hydrogens is 598 g/mol. The number of rotatable bonds is 7. The van der Waals surface area contributed by atoms with Crippen LogP contribution < -0.4 is 15.7 Å². The highest BCUT2D eigenvalue weighted by atomic mass is 16.7. The number of hydroxylamine groups is 1. The van der Waals surface area contributed by atoms with E-state index in [1.165, 1.54) is 18.4 Å².